The molecule has 0 spiro atoms. The van der Waals surface area contributed by atoms with E-state index in [0.717, 1.165) is 22.4 Å². The molecule has 142 valence electrons. The minimum absolute atomic E-state index is 0.0461. The zero-order chi connectivity index (χ0) is 19.6. The van der Waals surface area contributed by atoms with E-state index in [0.29, 0.717) is 35.7 Å². The van der Waals surface area contributed by atoms with E-state index in [-0.39, 0.29) is 24.0 Å². The van der Waals surface area contributed by atoms with Crippen molar-refractivity contribution in [2.75, 3.05) is 0 Å². The summed E-state index contributed by atoms with van der Waals surface area (Å²) in [6.45, 7) is 1.94. The lowest BCUT2D eigenvalue weighted by Crippen LogP contribution is -2.23. The fraction of sp³-hybridized carbons (Fsp3) is 0.381. The van der Waals surface area contributed by atoms with Crippen LogP contribution in [0.25, 0.3) is 0 Å². The number of fused-ring (bicyclic) bond motifs is 1. The Balaban J connectivity index is 1.76. The van der Waals surface area contributed by atoms with Gasteiger partial charge in [0.1, 0.15) is 5.78 Å². The smallest absolute Gasteiger partial charge is 0.304 e. The normalized spacial score (nSPS) is 18.8. The van der Waals surface area contributed by atoms with Crippen LogP contribution in [0.1, 0.15) is 59.9 Å². The fourth-order valence-electron chi connectivity index (χ4n) is 3.94. The Morgan fingerprint density at radius 2 is 2.04 bits per heavy atom. The number of carboxylic acid groups (broad SMARTS) is 1. The van der Waals surface area contributed by atoms with E-state index in [1.165, 1.54) is 0 Å². The van der Waals surface area contributed by atoms with Crippen LogP contribution in [0, 0.1) is 6.92 Å². The second-order valence-corrected chi connectivity index (χ2v) is 7.90. The van der Waals surface area contributed by atoms with Crippen molar-refractivity contribution in [2.45, 2.75) is 50.9 Å². The van der Waals surface area contributed by atoms with E-state index in [1.54, 1.807) is 12.3 Å². The molecular weight excluding hydrogens is 385 g/mol. The summed E-state index contributed by atoms with van der Waals surface area (Å²) in [6.07, 6.45) is 3.97. The summed E-state index contributed by atoms with van der Waals surface area (Å²) in [4.78, 5) is 28.5. The predicted molar refractivity (Wildman–Crippen MR) is 106 cm³/mol. The molecule has 1 aromatic carbocycles. The number of halogens is 2. The fourth-order valence-corrected chi connectivity index (χ4v) is 4.63. The number of aliphatic carboxylic acids is 1. The van der Waals surface area contributed by atoms with Crippen molar-refractivity contribution in [3.05, 3.63) is 62.9 Å². The molecule has 1 aliphatic rings. The Kier molecular flexibility index (Phi) is 6.18. The molecule has 0 saturated heterocycles. The van der Waals surface area contributed by atoms with Gasteiger partial charge in [0.25, 0.3) is 0 Å². The molecule has 4 nitrogen and oxygen atoms in total. The summed E-state index contributed by atoms with van der Waals surface area (Å²) in [5.41, 5.74) is 3.55. The molecule has 2 aromatic rings. The van der Waals surface area contributed by atoms with E-state index >= 15 is 0 Å². The largest absolute Gasteiger partial charge is 0.481 e. The van der Waals surface area contributed by atoms with Gasteiger partial charge in [0, 0.05) is 40.2 Å². The molecule has 1 N–H and O–H groups in total. The number of hydrogen-bond donors (Lipinski definition) is 1. The van der Waals surface area contributed by atoms with Gasteiger partial charge in [0.05, 0.1) is 6.42 Å². The number of benzene rings is 1. The standard InChI is InChI=1S/C21H21Cl2NO3/c1-12-9-14(22)11-18(23)15(12)6-7-19(25)16-5-4-13(10-20(26)27)21-17(16)3-2-8-24-21/h2-3,8-9,11,13,16H,4-7,10H2,1H3,(H,26,27). The highest BCUT2D eigenvalue weighted by molar-refractivity contribution is 6.35. The molecule has 2 unspecified atom stereocenters. The van der Waals surface area contributed by atoms with Gasteiger partial charge in [-0.3, -0.25) is 14.6 Å². The first kappa shape index (κ1) is 19.8. The summed E-state index contributed by atoms with van der Waals surface area (Å²) in [7, 11) is 0. The maximum absolute atomic E-state index is 12.9. The zero-order valence-corrected chi connectivity index (χ0v) is 16.6. The molecule has 0 amide bonds. The van der Waals surface area contributed by atoms with Crippen LogP contribution in [-0.2, 0) is 16.0 Å². The number of hydrogen-bond acceptors (Lipinski definition) is 3. The van der Waals surface area contributed by atoms with Crippen molar-refractivity contribution in [3.63, 3.8) is 0 Å². The summed E-state index contributed by atoms with van der Waals surface area (Å²) in [5.74, 6) is -1.06. The van der Waals surface area contributed by atoms with Crippen molar-refractivity contribution >= 4 is 35.0 Å². The number of nitrogens with zero attached hydrogens (tertiary/aromatic N) is 1. The topological polar surface area (TPSA) is 67.3 Å². The van der Waals surface area contributed by atoms with Crippen molar-refractivity contribution in [1.29, 1.82) is 0 Å². The average Bonchev–Trinajstić information content (AvgIpc) is 2.60. The van der Waals surface area contributed by atoms with Crippen LogP contribution in [0.2, 0.25) is 10.0 Å². The third-order valence-corrected chi connectivity index (χ3v) is 5.81. The zero-order valence-electron chi connectivity index (χ0n) is 15.0. The molecule has 1 aromatic heterocycles. The second-order valence-electron chi connectivity index (χ2n) is 7.05. The van der Waals surface area contributed by atoms with Crippen LogP contribution in [0.5, 0.6) is 0 Å². The molecule has 3 rings (SSSR count). The summed E-state index contributed by atoms with van der Waals surface area (Å²) < 4.78 is 0. The van der Waals surface area contributed by atoms with Gasteiger partial charge in [-0.1, -0.05) is 29.3 Å². The molecule has 1 aliphatic carbocycles. The van der Waals surface area contributed by atoms with Crippen molar-refractivity contribution in [2.24, 2.45) is 0 Å². The minimum atomic E-state index is -0.839. The molecule has 0 bridgehead atoms. The molecular formula is C21H21Cl2NO3. The Morgan fingerprint density at radius 1 is 1.26 bits per heavy atom. The minimum Gasteiger partial charge on any atom is -0.481 e. The van der Waals surface area contributed by atoms with Crippen molar-refractivity contribution in [1.82, 2.24) is 4.98 Å². The number of Topliss-reactive ketones (excluding diaryl/α,β-unsaturated/α-hetero) is 1. The van der Waals surface area contributed by atoms with Gasteiger partial charge < -0.3 is 5.11 Å². The number of aromatic nitrogens is 1. The summed E-state index contributed by atoms with van der Waals surface area (Å²) >= 11 is 12.3. The molecule has 1 heterocycles. The Labute approximate surface area is 168 Å². The van der Waals surface area contributed by atoms with Gasteiger partial charge in [0.15, 0.2) is 0 Å². The number of rotatable bonds is 6. The van der Waals surface area contributed by atoms with Gasteiger partial charge in [-0.05, 0) is 61.1 Å². The second kappa shape index (κ2) is 8.41. The van der Waals surface area contributed by atoms with E-state index in [4.69, 9.17) is 28.3 Å². The SMILES string of the molecule is Cc1cc(Cl)cc(Cl)c1CCC(=O)C1CCC(CC(=O)O)c2ncccc21. The Morgan fingerprint density at radius 3 is 2.74 bits per heavy atom. The van der Waals surface area contributed by atoms with Gasteiger partial charge in [0.2, 0.25) is 0 Å². The monoisotopic (exact) mass is 405 g/mol. The quantitative estimate of drug-likeness (QED) is 0.704. The lowest BCUT2D eigenvalue weighted by Gasteiger charge is -2.29. The van der Waals surface area contributed by atoms with E-state index in [1.807, 2.05) is 25.1 Å². The first-order chi connectivity index (χ1) is 12.9. The maximum Gasteiger partial charge on any atom is 0.304 e. The average molecular weight is 406 g/mol. The Bertz CT molecular complexity index is 858. The number of ketones is 1. The highest BCUT2D eigenvalue weighted by Crippen LogP contribution is 2.40. The van der Waals surface area contributed by atoms with Crippen LogP contribution >= 0.6 is 23.2 Å². The number of carboxylic acids is 1. The lowest BCUT2D eigenvalue weighted by molar-refractivity contribution is -0.137. The molecule has 0 aliphatic heterocycles. The van der Waals surface area contributed by atoms with E-state index in [9.17, 15) is 9.59 Å². The molecule has 6 heteroatoms. The molecule has 2 atom stereocenters. The van der Waals surface area contributed by atoms with Crippen LogP contribution < -0.4 is 0 Å². The van der Waals surface area contributed by atoms with Crippen LogP contribution in [-0.4, -0.2) is 21.8 Å². The number of carbonyl (C=O) groups is 2. The molecule has 27 heavy (non-hydrogen) atoms. The van der Waals surface area contributed by atoms with Crippen LogP contribution in [0.3, 0.4) is 0 Å². The van der Waals surface area contributed by atoms with Gasteiger partial charge >= 0.3 is 5.97 Å². The number of aryl methyl sites for hydroxylation is 1. The van der Waals surface area contributed by atoms with Crippen molar-refractivity contribution < 1.29 is 14.7 Å². The molecule has 0 saturated carbocycles. The predicted octanol–water partition coefficient (Wildman–Crippen LogP) is 5.33. The maximum atomic E-state index is 12.9. The Hall–Kier alpha value is -1.91. The number of pyridine rings is 1. The van der Waals surface area contributed by atoms with Crippen molar-refractivity contribution in [3.8, 4) is 0 Å². The van der Waals surface area contributed by atoms with Crippen LogP contribution in [0.4, 0.5) is 0 Å². The highest BCUT2D eigenvalue weighted by atomic mass is 35.5. The first-order valence-corrected chi connectivity index (χ1v) is 9.76. The van der Waals surface area contributed by atoms with E-state index < -0.39 is 5.97 Å². The summed E-state index contributed by atoms with van der Waals surface area (Å²) in [6, 6.07) is 7.26. The molecule has 0 radical (unpaired) electrons. The van der Waals surface area contributed by atoms with Gasteiger partial charge in [-0.25, -0.2) is 0 Å². The first-order valence-electron chi connectivity index (χ1n) is 9.00. The summed E-state index contributed by atoms with van der Waals surface area (Å²) in [5, 5.41) is 10.3. The molecule has 0 fully saturated rings. The third kappa shape index (κ3) is 4.50. The van der Waals surface area contributed by atoms with E-state index in [2.05, 4.69) is 4.98 Å². The number of carbonyl (C=O) groups excluding carboxylic acids is 1. The highest BCUT2D eigenvalue weighted by Gasteiger charge is 2.33. The lowest BCUT2D eigenvalue weighted by atomic mass is 9.75. The van der Waals surface area contributed by atoms with Gasteiger partial charge in [-0.15, -0.1) is 0 Å². The van der Waals surface area contributed by atoms with Gasteiger partial charge in [-0.2, -0.15) is 0 Å². The van der Waals surface area contributed by atoms with Crippen LogP contribution in [0.15, 0.2) is 30.5 Å². The third-order valence-electron chi connectivity index (χ3n) is 5.25.